The molecular weight excluding hydrogens is 394 g/mol. The van der Waals surface area contributed by atoms with Crippen LogP contribution in [-0.4, -0.2) is 12.6 Å². The molecule has 0 spiro atoms. The van der Waals surface area contributed by atoms with Gasteiger partial charge in [0.15, 0.2) is 6.10 Å². The molecule has 0 amide bonds. The largest absolute Gasteiger partial charge is 0.497 e. The number of hydrogen-bond donors (Lipinski definition) is 1. The van der Waals surface area contributed by atoms with Crippen molar-refractivity contribution < 1.29 is 9.47 Å². The maximum Gasteiger partial charge on any atom is 0.150 e. The molecule has 0 saturated heterocycles. The second kappa shape index (κ2) is 6.82. The van der Waals surface area contributed by atoms with Gasteiger partial charge in [-0.2, -0.15) is 0 Å². The molecule has 2 aliphatic heterocycles. The fraction of sp³-hybridized carbons (Fsp3) is 0.231. The van der Waals surface area contributed by atoms with E-state index in [0.29, 0.717) is 0 Å². The zero-order valence-corrected chi connectivity index (χ0v) is 18.3. The van der Waals surface area contributed by atoms with Crippen LogP contribution in [0.3, 0.4) is 0 Å². The van der Waals surface area contributed by atoms with Crippen molar-refractivity contribution in [2.24, 2.45) is 0 Å². The van der Waals surface area contributed by atoms with Crippen molar-refractivity contribution in [1.29, 1.82) is 0 Å². The predicted octanol–water partition coefficient (Wildman–Crippen LogP) is 7.10. The molecule has 0 aromatic heterocycles. The lowest BCUT2D eigenvalue weighted by Gasteiger charge is -2.37. The molecule has 3 aromatic rings. The Hall–Kier alpha value is -2.91. The first-order valence-electron chi connectivity index (χ1n) is 10.1. The highest BCUT2D eigenvalue weighted by molar-refractivity contribution is 6.30. The van der Waals surface area contributed by atoms with E-state index in [1.54, 1.807) is 7.11 Å². The van der Waals surface area contributed by atoms with Gasteiger partial charge in [0, 0.05) is 27.4 Å². The Kier molecular flexibility index (Phi) is 4.33. The summed E-state index contributed by atoms with van der Waals surface area (Å²) < 4.78 is 12.1. The average molecular weight is 418 g/mol. The maximum absolute atomic E-state index is 6.60. The summed E-state index contributed by atoms with van der Waals surface area (Å²) in [7, 11) is 1.69. The van der Waals surface area contributed by atoms with E-state index in [9.17, 15) is 0 Å². The van der Waals surface area contributed by atoms with Gasteiger partial charge in [-0.1, -0.05) is 35.9 Å². The Morgan fingerprint density at radius 2 is 1.77 bits per heavy atom. The number of hydrogen-bond acceptors (Lipinski definition) is 3. The van der Waals surface area contributed by atoms with Crippen LogP contribution < -0.4 is 14.8 Å². The molecule has 5 rings (SSSR count). The fourth-order valence-electron chi connectivity index (χ4n) is 4.66. The zero-order valence-electron chi connectivity index (χ0n) is 17.5. The number of halogens is 1. The SMILES string of the molecule is COc1ccc2c(c1)-c1ccc3c(c1[C@H](c1ccc(Cl)cc1)O2)C(C)=CC(C)(C)N3. The summed E-state index contributed by atoms with van der Waals surface area (Å²) in [5.41, 5.74) is 7.96. The highest BCUT2D eigenvalue weighted by atomic mass is 35.5. The number of ether oxygens (including phenoxy) is 2. The summed E-state index contributed by atoms with van der Waals surface area (Å²) in [6.45, 7) is 6.56. The third-order valence-corrected chi connectivity index (χ3v) is 6.08. The van der Waals surface area contributed by atoms with Gasteiger partial charge in [-0.05, 0) is 73.9 Å². The summed E-state index contributed by atoms with van der Waals surface area (Å²) in [6.07, 6.45) is 2.06. The first-order valence-corrected chi connectivity index (χ1v) is 10.5. The van der Waals surface area contributed by atoms with Crippen LogP contribution in [0.4, 0.5) is 5.69 Å². The molecule has 0 fully saturated rings. The van der Waals surface area contributed by atoms with E-state index in [4.69, 9.17) is 21.1 Å². The summed E-state index contributed by atoms with van der Waals surface area (Å²) >= 11 is 6.16. The number of fused-ring (bicyclic) bond motifs is 5. The molecule has 0 unspecified atom stereocenters. The third kappa shape index (κ3) is 3.05. The van der Waals surface area contributed by atoms with Gasteiger partial charge in [-0.15, -0.1) is 0 Å². The van der Waals surface area contributed by atoms with Crippen molar-refractivity contribution in [3.8, 4) is 22.6 Å². The van der Waals surface area contributed by atoms with E-state index in [2.05, 4.69) is 50.4 Å². The normalized spacial score (nSPS) is 18.2. The van der Waals surface area contributed by atoms with Crippen LogP contribution in [0.2, 0.25) is 5.02 Å². The number of benzene rings is 3. The van der Waals surface area contributed by atoms with Crippen molar-refractivity contribution in [2.75, 3.05) is 12.4 Å². The van der Waals surface area contributed by atoms with E-state index < -0.39 is 0 Å². The molecule has 152 valence electrons. The van der Waals surface area contributed by atoms with Crippen molar-refractivity contribution in [3.05, 3.63) is 82.4 Å². The maximum atomic E-state index is 6.60. The van der Waals surface area contributed by atoms with Crippen LogP contribution in [0.1, 0.15) is 43.6 Å². The molecule has 3 aromatic carbocycles. The Bertz CT molecular complexity index is 1180. The molecule has 0 saturated carbocycles. The predicted molar refractivity (Wildman–Crippen MR) is 124 cm³/mol. The zero-order chi connectivity index (χ0) is 21.0. The molecule has 3 nitrogen and oxygen atoms in total. The first-order chi connectivity index (χ1) is 14.4. The summed E-state index contributed by atoms with van der Waals surface area (Å²) in [4.78, 5) is 0. The van der Waals surface area contributed by atoms with Crippen LogP contribution in [0, 0.1) is 0 Å². The lowest BCUT2D eigenvalue weighted by Crippen LogP contribution is -2.32. The van der Waals surface area contributed by atoms with Crippen LogP contribution in [0.5, 0.6) is 11.5 Å². The number of methoxy groups -OCH3 is 1. The van der Waals surface area contributed by atoms with E-state index in [1.165, 1.54) is 22.3 Å². The first kappa shape index (κ1) is 19.1. The van der Waals surface area contributed by atoms with E-state index in [0.717, 1.165) is 33.3 Å². The molecule has 0 bridgehead atoms. The van der Waals surface area contributed by atoms with E-state index in [1.807, 2.05) is 36.4 Å². The van der Waals surface area contributed by atoms with Crippen LogP contribution in [-0.2, 0) is 0 Å². The van der Waals surface area contributed by atoms with Crippen LogP contribution in [0.25, 0.3) is 16.7 Å². The Morgan fingerprint density at radius 3 is 2.50 bits per heavy atom. The smallest absolute Gasteiger partial charge is 0.150 e. The number of nitrogens with one attached hydrogen (secondary N) is 1. The second-order valence-electron chi connectivity index (χ2n) is 8.53. The van der Waals surface area contributed by atoms with Gasteiger partial charge in [-0.3, -0.25) is 0 Å². The van der Waals surface area contributed by atoms with E-state index >= 15 is 0 Å². The van der Waals surface area contributed by atoms with Crippen molar-refractivity contribution in [2.45, 2.75) is 32.4 Å². The van der Waals surface area contributed by atoms with Crippen LogP contribution >= 0.6 is 11.6 Å². The average Bonchev–Trinajstić information content (AvgIpc) is 2.72. The monoisotopic (exact) mass is 417 g/mol. The minimum absolute atomic E-state index is 0.0995. The molecular formula is C26H24ClNO2. The molecule has 0 radical (unpaired) electrons. The summed E-state index contributed by atoms with van der Waals surface area (Å²) in [5, 5.41) is 4.38. The second-order valence-corrected chi connectivity index (χ2v) is 8.97. The number of anilines is 1. The van der Waals surface area contributed by atoms with Crippen molar-refractivity contribution in [1.82, 2.24) is 0 Å². The highest BCUT2D eigenvalue weighted by Gasteiger charge is 2.34. The third-order valence-electron chi connectivity index (χ3n) is 5.83. The van der Waals surface area contributed by atoms with Crippen LogP contribution in [0.15, 0.2) is 60.7 Å². The van der Waals surface area contributed by atoms with Crippen molar-refractivity contribution >= 4 is 22.9 Å². The summed E-state index contributed by atoms with van der Waals surface area (Å²) in [6, 6.07) is 18.3. The Labute approximate surface area is 182 Å². The number of allylic oxidation sites excluding steroid dienone is 1. The molecule has 2 aliphatic rings. The quantitative estimate of drug-likeness (QED) is 0.482. The van der Waals surface area contributed by atoms with Gasteiger partial charge in [0.05, 0.1) is 12.6 Å². The van der Waals surface area contributed by atoms with Gasteiger partial charge in [0.2, 0.25) is 0 Å². The van der Waals surface area contributed by atoms with Crippen molar-refractivity contribution in [3.63, 3.8) is 0 Å². The summed E-state index contributed by atoms with van der Waals surface area (Å²) in [5.74, 6) is 1.67. The molecule has 4 heteroatoms. The Balaban J connectivity index is 1.79. The number of rotatable bonds is 2. The molecule has 1 N–H and O–H groups in total. The van der Waals surface area contributed by atoms with Gasteiger partial charge < -0.3 is 14.8 Å². The van der Waals surface area contributed by atoms with Gasteiger partial charge >= 0.3 is 0 Å². The molecule has 2 heterocycles. The van der Waals surface area contributed by atoms with Gasteiger partial charge in [0.1, 0.15) is 11.5 Å². The molecule has 0 aliphatic carbocycles. The minimum atomic E-state index is -0.223. The van der Waals surface area contributed by atoms with E-state index in [-0.39, 0.29) is 11.6 Å². The topological polar surface area (TPSA) is 30.5 Å². The molecule has 1 atom stereocenters. The highest BCUT2D eigenvalue weighted by Crippen LogP contribution is 2.51. The standard InChI is InChI=1S/C26H24ClNO2/c1-15-14-26(2,3)28-21-11-10-19-20-13-18(29-4)9-12-22(20)30-25(24(19)23(15)21)16-5-7-17(27)8-6-16/h5-14,25,28H,1-4H3/t25-/m0/s1. The Morgan fingerprint density at radius 1 is 1.00 bits per heavy atom. The van der Waals surface area contributed by atoms with Gasteiger partial charge in [0.25, 0.3) is 0 Å². The lowest BCUT2D eigenvalue weighted by molar-refractivity contribution is 0.243. The lowest BCUT2D eigenvalue weighted by atomic mass is 9.80. The fourth-order valence-corrected chi connectivity index (χ4v) is 4.79. The van der Waals surface area contributed by atoms with Gasteiger partial charge in [-0.25, -0.2) is 0 Å². The molecule has 30 heavy (non-hydrogen) atoms. The minimum Gasteiger partial charge on any atom is -0.497 e.